The second-order valence-electron chi connectivity index (χ2n) is 4.88. The number of amides is 1. The van der Waals surface area contributed by atoms with E-state index in [4.69, 9.17) is 0 Å². The van der Waals surface area contributed by atoms with E-state index in [0.717, 1.165) is 12.8 Å². The SMILES string of the molecule is C=C[C@@H](CCCCCCC)NC(=O)c1ccccc1. The second-order valence-corrected chi connectivity index (χ2v) is 4.88. The molecule has 1 atom stereocenters. The van der Waals surface area contributed by atoms with E-state index in [9.17, 15) is 4.79 Å². The minimum atomic E-state index is -0.0148. The zero-order chi connectivity index (χ0) is 13.9. The van der Waals surface area contributed by atoms with Gasteiger partial charge in [0.15, 0.2) is 0 Å². The van der Waals surface area contributed by atoms with Gasteiger partial charge in [0.25, 0.3) is 5.91 Å². The molecule has 0 aromatic heterocycles. The van der Waals surface area contributed by atoms with Crippen molar-refractivity contribution in [1.29, 1.82) is 0 Å². The summed E-state index contributed by atoms with van der Waals surface area (Å²) in [4.78, 5) is 12.0. The average molecular weight is 259 g/mol. The summed E-state index contributed by atoms with van der Waals surface area (Å²) in [7, 11) is 0. The van der Waals surface area contributed by atoms with Crippen molar-refractivity contribution in [2.24, 2.45) is 0 Å². The molecule has 0 aliphatic heterocycles. The molecule has 1 rings (SSSR count). The van der Waals surface area contributed by atoms with Crippen LogP contribution in [0.25, 0.3) is 0 Å². The van der Waals surface area contributed by atoms with E-state index in [2.05, 4.69) is 18.8 Å². The van der Waals surface area contributed by atoms with E-state index < -0.39 is 0 Å². The third-order valence-corrected chi connectivity index (χ3v) is 3.26. The first-order valence-corrected chi connectivity index (χ1v) is 7.26. The summed E-state index contributed by atoms with van der Waals surface area (Å²) in [5.74, 6) is -0.0148. The molecule has 19 heavy (non-hydrogen) atoms. The first kappa shape index (κ1) is 15.5. The molecule has 0 heterocycles. The van der Waals surface area contributed by atoms with E-state index in [1.165, 1.54) is 25.7 Å². The maximum atomic E-state index is 12.0. The summed E-state index contributed by atoms with van der Waals surface area (Å²) < 4.78 is 0. The zero-order valence-electron chi connectivity index (χ0n) is 11.9. The number of hydrogen-bond acceptors (Lipinski definition) is 1. The number of hydrogen-bond donors (Lipinski definition) is 1. The monoisotopic (exact) mass is 259 g/mol. The molecule has 0 fully saturated rings. The van der Waals surface area contributed by atoms with Crippen LogP contribution in [0.2, 0.25) is 0 Å². The molecular formula is C17H25NO. The van der Waals surface area contributed by atoms with E-state index in [1.54, 1.807) is 0 Å². The number of nitrogens with one attached hydrogen (secondary N) is 1. The van der Waals surface area contributed by atoms with E-state index >= 15 is 0 Å². The molecule has 1 aromatic carbocycles. The molecule has 1 aromatic rings. The van der Waals surface area contributed by atoms with Gasteiger partial charge in [-0.3, -0.25) is 4.79 Å². The van der Waals surface area contributed by atoms with Crippen molar-refractivity contribution in [3.05, 3.63) is 48.6 Å². The lowest BCUT2D eigenvalue weighted by Gasteiger charge is -2.14. The highest BCUT2D eigenvalue weighted by atomic mass is 16.1. The number of unbranched alkanes of at least 4 members (excludes halogenated alkanes) is 4. The summed E-state index contributed by atoms with van der Waals surface area (Å²) >= 11 is 0. The fourth-order valence-electron chi connectivity index (χ4n) is 2.06. The molecule has 0 spiro atoms. The molecule has 0 saturated heterocycles. The Labute approximate surface area is 116 Å². The maximum absolute atomic E-state index is 12.0. The fraction of sp³-hybridized carbons (Fsp3) is 0.471. The van der Waals surface area contributed by atoms with Gasteiger partial charge in [-0.15, -0.1) is 6.58 Å². The minimum Gasteiger partial charge on any atom is -0.346 e. The van der Waals surface area contributed by atoms with Crippen molar-refractivity contribution < 1.29 is 4.79 Å². The standard InChI is InChI=1S/C17H25NO/c1-3-5-6-7-11-14-16(4-2)18-17(19)15-12-9-8-10-13-15/h4,8-10,12-13,16H,2-3,5-7,11,14H2,1H3,(H,18,19)/t16-/m0/s1. The van der Waals surface area contributed by atoms with Crippen LogP contribution in [0.1, 0.15) is 55.8 Å². The van der Waals surface area contributed by atoms with Gasteiger partial charge in [0, 0.05) is 11.6 Å². The molecule has 0 aliphatic rings. The van der Waals surface area contributed by atoms with Crippen LogP contribution in [0.4, 0.5) is 0 Å². The highest BCUT2D eigenvalue weighted by Gasteiger charge is 2.09. The molecule has 1 N–H and O–H groups in total. The van der Waals surface area contributed by atoms with Gasteiger partial charge >= 0.3 is 0 Å². The normalized spacial score (nSPS) is 11.8. The third-order valence-electron chi connectivity index (χ3n) is 3.26. The van der Waals surface area contributed by atoms with Gasteiger partial charge < -0.3 is 5.32 Å². The molecule has 104 valence electrons. The van der Waals surface area contributed by atoms with E-state index in [0.29, 0.717) is 5.56 Å². The number of carbonyl (C=O) groups excluding carboxylic acids is 1. The van der Waals surface area contributed by atoms with E-state index in [-0.39, 0.29) is 11.9 Å². The molecule has 0 saturated carbocycles. The van der Waals surface area contributed by atoms with Crippen LogP contribution < -0.4 is 5.32 Å². The zero-order valence-corrected chi connectivity index (χ0v) is 11.9. The number of rotatable bonds is 9. The Hall–Kier alpha value is -1.57. The van der Waals surface area contributed by atoms with Crippen LogP contribution in [-0.4, -0.2) is 11.9 Å². The summed E-state index contributed by atoms with van der Waals surface area (Å²) in [6, 6.07) is 9.41. The van der Waals surface area contributed by atoms with Crippen LogP contribution in [0.3, 0.4) is 0 Å². The van der Waals surface area contributed by atoms with Gasteiger partial charge in [-0.05, 0) is 18.6 Å². The van der Waals surface area contributed by atoms with Crippen molar-refractivity contribution >= 4 is 5.91 Å². The molecule has 0 radical (unpaired) electrons. The van der Waals surface area contributed by atoms with Gasteiger partial charge in [-0.1, -0.05) is 63.3 Å². The van der Waals surface area contributed by atoms with Crippen molar-refractivity contribution in [1.82, 2.24) is 5.32 Å². The van der Waals surface area contributed by atoms with Gasteiger partial charge in [-0.2, -0.15) is 0 Å². The maximum Gasteiger partial charge on any atom is 0.251 e. The highest BCUT2D eigenvalue weighted by molar-refractivity contribution is 5.94. The topological polar surface area (TPSA) is 29.1 Å². The first-order chi connectivity index (χ1) is 9.27. The van der Waals surface area contributed by atoms with Crippen molar-refractivity contribution in [3.8, 4) is 0 Å². The molecule has 2 heteroatoms. The van der Waals surface area contributed by atoms with Crippen molar-refractivity contribution in [2.45, 2.75) is 51.5 Å². The fourth-order valence-corrected chi connectivity index (χ4v) is 2.06. The predicted molar refractivity (Wildman–Crippen MR) is 81.3 cm³/mol. The van der Waals surface area contributed by atoms with Crippen LogP contribution in [0.5, 0.6) is 0 Å². The Morgan fingerprint density at radius 3 is 2.53 bits per heavy atom. The molecule has 2 nitrogen and oxygen atoms in total. The lowest BCUT2D eigenvalue weighted by Crippen LogP contribution is -2.33. The van der Waals surface area contributed by atoms with E-state index in [1.807, 2.05) is 36.4 Å². The molecular weight excluding hydrogens is 234 g/mol. The third kappa shape index (κ3) is 6.23. The lowest BCUT2D eigenvalue weighted by atomic mass is 10.1. The quantitative estimate of drug-likeness (QED) is 0.519. The van der Waals surface area contributed by atoms with Crippen molar-refractivity contribution in [2.75, 3.05) is 0 Å². The van der Waals surface area contributed by atoms with Crippen LogP contribution in [-0.2, 0) is 0 Å². The summed E-state index contributed by atoms with van der Waals surface area (Å²) in [6.07, 6.45) is 9.04. The Kier molecular flexibility index (Phi) is 7.64. The first-order valence-electron chi connectivity index (χ1n) is 7.26. The Morgan fingerprint density at radius 1 is 1.21 bits per heavy atom. The molecule has 0 aliphatic carbocycles. The Bertz CT molecular complexity index is 372. The van der Waals surface area contributed by atoms with Gasteiger partial charge in [-0.25, -0.2) is 0 Å². The van der Waals surface area contributed by atoms with Gasteiger partial charge in [0.2, 0.25) is 0 Å². The number of benzene rings is 1. The second kappa shape index (κ2) is 9.37. The van der Waals surface area contributed by atoms with Gasteiger partial charge in [0.05, 0.1) is 0 Å². The molecule has 0 bridgehead atoms. The summed E-state index contributed by atoms with van der Waals surface area (Å²) in [5.41, 5.74) is 0.709. The smallest absolute Gasteiger partial charge is 0.251 e. The van der Waals surface area contributed by atoms with Crippen LogP contribution >= 0.6 is 0 Å². The van der Waals surface area contributed by atoms with Gasteiger partial charge in [0.1, 0.15) is 0 Å². The summed E-state index contributed by atoms with van der Waals surface area (Å²) in [6.45, 7) is 6.02. The predicted octanol–water partition coefficient (Wildman–Crippen LogP) is 4.33. The largest absolute Gasteiger partial charge is 0.346 e. The molecule has 1 amide bonds. The minimum absolute atomic E-state index is 0.0148. The summed E-state index contributed by atoms with van der Waals surface area (Å²) in [5, 5.41) is 3.02. The lowest BCUT2D eigenvalue weighted by molar-refractivity contribution is 0.0942. The molecule has 0 unspecified atom stereocenters. The Morgan fingerprint density at radius 2 is 1.89 bits per heavy atom. The highest BCUT2D eigenvalue weighted by Crippen LogP contribution is 2.08. The van der Waals surface area contributed by atoms with Crippen LogP contribution in [0, 0.1) is 0 Å². The Balaban J connectivity index is 2.32. The number of carbonyl (C=O) groups is 1. The van der Waals surface area contributed by atoms with Crippen molar-refractivity contribution in [3.63, 3.8) is 0 Å². The van der Waals surface area contributed by atoms with Crippen LogP contribution in [0.15, 0.2) is 43.0 Å². The average Bonchev–Trinajstić information content (AvgIpc) is 2.46.